The smallest absolute Gasteiger partial charge is 0.407 e. The van der Waals surface area contributed by atoms with Gasteiger partial charge in [-0.15, -0.1) is 0 Å². The molecule has 3 N–H and O–H groups in total. The summed E-state index contributed by atoms with van der Waals surface area (Å²) in [5.41, 5.74) is -1.03. The monoisotopic (exact) mass is 712 g/mol. The third-order valence-electron chi connectivity index (χ3n) is 10.1. The highest BCUT2D eigenvalue weighted by molar-refractivity contribution is 6.36. The zero-order valence-corrected chi connectivity index (χ0v) is 29.2. The van der Waals surface area contributed by atoms with Gasteiger partial charge in [0.05, 0.1) is 20.3 Å². The molecule has 1 aromatic carbocycles. The van der Waals surface area contributed by atoms with Gasteiger partial charge in [-0.1, -0.05) is 30.2 Å². The number of carboxylic acids is 1. The first-order chi connectivity index (χ1) is 24.1. The SMILES string of the molecule is CCOc1cc(O[C@@H]2C[C@H]3C(=O)N[C@]4(C(=O)O)C[C@@H]4/C=C\CCCC[C@H](NC(=O)OC4CCCC4)CC(=O)N3C2)c2ccc(OC)c(Cl)c2n1. The minimum Gasteiger partial charge on any atom is -0.495 e. The van der Waals surface area contributed by atoms with Crippen LogP contribution < -0.4 is 24.8 Å². The van der Waals surface area contributed by atoms with E-state index in [0.29, 0.717) is 41.9 Å². The Morgan fingerprint density at radius 3 is 2.64 bits per heavy atom. The van der Waals surface area contributed by atoms with Crippen LogP contribution in [0.25, 0.3) is 10.9 Å². The minimum atomic E-state index is -1.43. The van der Waals surface area contributed by atoms with E-state index >= 15 is 0 Å². The number of hydrogen-bond acceptors (Lipinski definition) is 9. The van der Waals surface area contributed by atoms with E-state index in [4.69, 9.17) is 30.5 Å². The predicted octanol–water partition coefficient (Wildman–Crippen LogP) is 5.16. The van der Waals surface area contributed by atoms with E-state index in [1.807, 2.05) is 19.1 Å². The van der Waals surface area contributed by atoms with Crippen LogP contribution in [0.1, 0.15) is 77.6 Å². The van der Waals surface area contributed by atoms with E-state index in [2.05, 4.69) is 15.6 Å². The van der Waals surface area contributed by atoms with Gasteiger partial charge in [-0.2, -0.15) is 0 Å². The van der Waals surface area contributed by atoms with Crippen LogP contribution in [0.2, 0.25) is 5.02 Å². The van der Waals surface area contributed by atoms with Gasteiger partial charge in [-0.05, 0) is 70.4 Å². The van der Waals surface area contributed by atoms with Crippen molar-refractivity contribution in [1.82, 2.24) is 20.5 Å². The molecule has 4 aliphatic rings. The van der Waals surface area contributed by atoms with Crippen LogP contribution in [0.3, 0.4) is 0 Å². The zero-order valence-electron chi connectivity index (χ0n) is 28.5. The lowest BCUT2D eigenvalue weighted by Gasteiger charge is -2.27. The molecular weight excluding hydrogens is 668 g/mol. The van der Waals surface area contributed by atoms with Crippen molar-refractivity contribution in [2.75, 3.05) is 20.3 Å². The fourth-order valence-corrected chi connectivity index (χ4v) is 7.63. The number of ether oxygens (including phenoxy) is 4. The lowest BCUT2D eigenvalue weighted by Crippen LogP contribution is -2.53. The standard InChI is InChI=1S/C36H45ClN4O9/c1-3-48-29-18-28(25-14-15-27(47-2)31(37)32(25)39-29)49-24-17-26-33(43)40-36(34(44)45)19-21(36)10-6-4-5-7-11-22(16-30(42)41(26)20-24)38-35(46)50-23-12-8-9-13-23/h6,10,14-15,18,21-24,26H,3-5,7-9,11-13,16-17,19-20H2,1-2H3,(H,38,46)(H,40,43)(H,44,45)/b10-6-/t21-,22-,24+,26-,36+/m0/s1. The number of benzene rings is 1. The van der Waals surface area contributed by atoms with E-state index in [1.165, 1.54) is 12.0 Å². The first-order valence-corrected chi connectivity index (χ1v) is 17.9. The van der Waals surface area contributed by atoms with Crippen molar-refractivity contribution in [2.45, 2.75) is 107 Å². The summed E-state index contributed by atoms with van der Waals surface area (Å²) in [5, 5.41) is 16.7. The maximum atomic E-state index is 14.1. The molecule has 3 amide bonds. The van der Waals surface area contributed by atoms with Crippen molar-refractivity contribution in [1.29, 1.82) is 0 Å². The minimum absolute atomic E-state index is 0.0528. The third kappa shape index (κ3) is 7.72. The molecule has 50 heavy (non-hydrogen) atoms. The van der Waals surface area contributed by atoms with Crippen LogP contribution in [0, 0.1) is 5.92 Å². The first kappa shape index (κ1) is 35.6. The molecule has 2 aliphatic heterocycles. The van der Waals surface area contributed by atoms with Gasteiger partial charge < -0.3 is 39.6 Å². The van der Waals surface area contributed by atoms with Crippen LogP contribution >= 0.6 is 11.6 Å². The van der Waals surface area contributed by atoms with Gasteiger partial charge >= 0.3 is 12.1 Å². The van der Waals surface area contributed by atoms with Crippen molar-refractivity contribution in [2.24, 2.45) is 5.92 Å². The molecule has 2 aromatic rings. The second kappa shape index (κ2) is 15.3. The van der Waals surface area contributed by atoms with E-state index in [1.54, 1.807) is 18.2 Å². The number of aliphatic carboxylic acids is 1. The third-order valence-corrected chi connectivity index (χ3v) is 10.5. The molecule has 5 atom stereocenters. The van der Waals surface area contributed by atoms with Gasteiger partial charge in [0.1, 0.15) is 45.8 Å². The molecule has 2 aliphatic carbocycles. The van der Waals surface area contributed by atoms with Crippen molar-refractivity contribution < 1.29 is 43.2 Å². The second-order valence-corrected chi connectivity index (χ2v) is 13.9. The fraction of sp³-hybridized carbons (Fsp3) is 0.583. The number of fused-ring (bicyclic) bond motifs is 3. The molecular formula is C36H45ClN4O9. The number of aromatic nitrogens is 1. The summed E-state index contributed by atoms with van der Waals surface area (Å²) in [6.07, 6.45) is 9.28. The van der Waals surface area contributed by atoms with Gasteiger partial charge in [-0.25, -0.2) is 14.6 Å². The summed E-state index contributed by atoms with van der Waals surface area (Å²) in [7, 11) is 1.51. The van der Waals surface area contributed by atoms with E-state index < -0.39 is 41.7 Å². The van der Waals surface area contributed by atoms with Crippen molar-refractivity contribution in [3.63, 3.8) is 0 Å². The molecule has 0 unspecified atom stereocenters. The van der Waals surface area contributed by atoms with Crippen molar-refractivity contribution >= 4 is 46.4 Å². The quantitative estimate of drug-likeness (QED) is 0.311. The molecule has 3 heterocycles. The largest absolute Gasteiger partial charge is 0.495 e. The van der Waals surface area contributed by atoms with Crippen LogP contribution in [0.15, 0.2) is 30.4 Å². The molecule has 1 saturated heterocycles. The number of nitrogens with one attached hydrogen (secondary N) is 2. The zero-order chi connectivity index (χ0) is 35.4. The topological polar surface area (TPSA) is 166 Å². The average Bonchev–Trinajstić information content (AvgIpc) is 3.35. The van der Waals surface area contributed by atoms with Crippen LogP contribution in [-0.4, -0.2) is 89.0 Å². The Bertz CT molecular complexity index is 1650. The highest BCUT2D eigenvalue weighted by atomic mass is 35.5. The molecule has 0 radical (unpaired) electrons. The van der Waals surface area contributed by atoms with Crippen molar-refractivity contribution in [3.8, 4) is 17.4 Å². The second-order valence-electron chi connectivity index (χ2n) is 13.6. The lowest BCUT2D eigenvalue weighted by molar-refractivity contribution is -0.145. The van der Waals surface area contributed by atoms with Crippen LogP contribution in [-0.2, 0) is 19.1 Å². The summed E-state index contributed by atoms with van der Waals surface area (Å²) in [6, 6.07) is 3.59. The summed E-state index contributed by atoms with van der Waals surface area (Å²) in [6.45, 7) is 2.22. The van der Waals surface area contributed by atoms with Crippen molar-refractivity contribution in [3.05, 3.63) is 35.4 Å². The number of hydrogen-bond donors (Lipinski definition) is 3. The van der Waals surface area contributed by atoms with E-state index in [-0.39, 0.29) is 54.6 Å². The highest BCUT2D eigenvalue weighted by Crippen LogP contribution is 2.46. The number of nitrogens with zero attached hydrogens (tertiary/aromatic N) is 2. The number of methoxy groups -OCH3 is 1. The Labute approximate surface area is 296 Å². The number of allylic oxidation sites excluding steroid dienone is 1. The Balaban J connectivity index is 1.27. The number of pyridine rings is 1. The van der Waals surface area contributed by atoms with E-state index in [0.717, 1.165) is 38.5 Å². The number of amides is 3. The van der Waals surface area contributed by atoms with Gasteiger partial charge in [-0.3, -0.25) is 9.59 Å². The molecule has 0 bridgehead atoms. The van der Waals surface area contributed by atoms with Crippen LogP contribution in [0.5, 0.6) is 17.4 Å². The Kier molecular flexibility index (Phi) is 10.9. The predicted molar refractivity (Wildman–Crippen MR) is 184 cm³/mol. The number of carbonyl (C=O) groups is 4. The van der Waals surface area contributed by atoms with Crippen LogP contribution in [0.4, 0.5) is 4.79 Å². The summed E-state index contributed by atoms with van der Waals surface area (Å²) < 4.78 is 23.2. The number of carboxylic acid groups (broad SMARTS) is 1. The summed E-state index contributed by atoms with van der Waals surface area (Å²) in [5.74, 6) is -1.28. The fourth-order valence-electron chi connectivity index (χ4n) is 7.34. The Morgan fingerprint density at radius 1 is 1.12 bits per heavy atom. The molecule has 14 heteroatoms. The molecule has 13 nitrogen and oxygen atoms in total. The number of rotatable bonds is 8. The molecule has 270 valence electrons. The first-order valence-electron chi connectivity index (χ1n) is 17.6. The van der Waals surface area contributed by atoms with Gasteiger partial charge in [0.25, 0.3) is 0 Å². The number of halogens is 1. The van der Waals surface area contributed by atoms with E-state index in [9.17, 15) is 24.3 Å². The maximum Gasteiger partial charge on any atom is 0.407 e. The lowest BCUT2D eigenvalue weighted by atomic mass is 10.0. The number of carbonyl (C=O) groups excluding carboxylic acids is 3. The average molecular weight is 713 g/mol. The highest BCUT2D eigenvalue weighted by Gasteiger charge is 2.61. The summed E-state index contributed by atoms with van der Waals surface area (Å²) >= 11 is 6.62. The summed E-state index contributed by atoms with van der Waals surface area (Å²) in [4.78, 5) is 59.3. The molecule has 1 aromatic heterocycles. The maximum absolute atomic E-state index is 14.1. The van der Waals surface area contributed by atoms with Gasteiger partial charge in [0.2, 0.25) is 17.7 Å². The Hall–Kier alpha value is -4.26. The Morgan fingerprint density at radius 2 is 1.90 bits per heavy atom. The normalized spacial score (nSPS) is 28.0. The molecule has 6 rings (SSSR count). The molecule has 0 spiro atoms. The van der Waals surface area contributed by atoms with Gasteiger partial charge in [0, 0.05) is 36.3 Å². The van der Waals surface area contributed by atoms with Gasteiger partial charge in [0.15, 0.2) is 0 Å². The number of alkyl carbamates (subject to hydrolysis) is 1. The molecule has 2 saturated carbocycles. The molecule has 3 fully saturated rings.